The van der Waals surface area contributed by atoms with Crippen molar-refractivity contribution in [2.24, 2.45) is 0 Å². The minimum Gasteiger partial charge on any atom is -0.480 e. The van der Waals surface area contributed by atoms with E-state index >= 15 is 0 Å². The number of sulfone groups is 2. The van der Waals surface area contributed by atoms with Crippen LogP contribution in [0.4, 0.5) is 4.39 Å². The van der Waals surface area contributed by atoms with Gasteiger partial charge in [0.05, 0.1) is 15.3 Å². The van der Waals surface area contributed by atoms with Gasteiger partial charge in [-0.15, -0.1) is 0 Å². The highest BCUT2D eigenvalue weighted by Crippen LogP contribution is 2.34. The molecule has 0 aliphatic carbocycles. The zero-order chi connectivity index (χ0) is 20.9. The third-order valence-corrected chi connectivity index (χ3v) is 7.43. The second kappa shape index (κ2) is 6.71. The molecule has 7 nitrogen and oxygen atoms in total. The van der Waals surface area contributed by atoms with E-state index in [9.17, 15) is 26.0 Å². The van der Waals surface area contributed by atoms with Crippen molar-refractivity contribution in [1.29, 1.82) is 0 Å². The smallest absolute Gasteiger partial charge is 0.323 e. The minimum absolute atomic E-state index is 0.0291. The number of aromatic nitrogens is 1. The molecule has 0 saturated carbocycles. The molecule has 1 N–H and O–H groups in total. The Morgan fingerprint density at radius 3 is 2.14 bits per heavy atom. The lowest BCUT2D eigenvalue weighted by molar-refractivity contribution is -0.137. The zero-order valence-electron chi connectivity index (χ0n) is 14.9. The first-order valence-corrected chi connectivity index (χ1v) is 11.4. The van der Waals surface area contributed by atoms with Gasteiger partial charge in [-0.1, -0.05) is 0 Å². The van der Waals surface area contributed by atoms with Crippen LogP contribution in [-0.4, -0.2) is 38.7 Å². The van der Waals surface area contributed by atoms with E-state index in [4.69, 9.17) is 5.11 Å². The van der Waals surface area contributed by atoms with E-state index in [0.29, 0.717) is 0 Å². The fraction of sp³-hybridized carbons (Fsp3) is 0.167. The predicted molar refractivity (Wildman–Crippen MR) is 99.3 cm³/mol. The molecule has 0 fully saturated rings. The summed E-state index contributed by atoms with van der Waals surface area (Å²) in [6.45, 7) is 0.910. The quantitative estimate of drug-likeness (QED) is 0.672. The topological polar surface area (TPSA) is 111 Å². The number of fused-ring (bicyclic) bond motifs is 1. The highest BCUT2D eigenvalue weighted by molar-refractivity contribution is 7.92. The first-order chi connectivity index (χ1) is 12.9. The van der Waals surface area contributed by atoms with Crippen LogP contribution in [0.25, 0.3) is 10.9 Å². The van der Waals surface area contributed by atoms with Gasteiger partial charge in [-0.2, -0.15) is 0 Å². The molecule has 3 aromatic rings. The predicted octanol–water partition coefficient (Wildman–Crippen LogP) is 2.41. The van der Waals surface area contributed by atoms with Gasteiger partial charge in [0.25, 0.3) is 0 Å². The van der Waals surface area contributed by atoms with E-state index in [1.54, 1.807) is 0 Å². The summed E-state index contributed by atoms with van der Waals surface area (Å²) in [7, 11) is -7.61. The minimum atomic E-state index is -4.12. The van der Waals surface area contributed by atoms with Crippen molar-refractivity contribution in [3.63, 3.8) is 0 Å². The third kappa shape index (κ3) is 3.40. The van der Waals surface area contributed by atoms with E-state index in [1.807, 2.05) is 0 Å². The molecule has 0 unspecified atom stereocenters. The molecule has 10 heteroatoms. The molecule has 148 valence electrons. The van der Waals surface area contributed by atoms with Crippen LogP contribution >= 0.6 is 0 Å². The van der Waals surface area contributed by atoms with Gasteiger partial charge in [0, 0.05) is 17.3 Å². The van der Waals surface area contributed by atoms with Crippen LogP contribution in [0.5, 0.6) is 0 Å². The number of hydrogen-bond donors (Lipinski definition) is 1. The fourth-order valence-corrected chi connectivity index (χ4v) is 5.40. The summed E-state index contributed by atoms with van der Waals surface area (Å²) in [4.78, 5) is 10.9. The summed E-state index contributed by atoms with van der Waals surface area (Å²) in [5.41, 5.74) is 0.293. The Kier molecular flexibility index (Phi) is 4.80. The molecule has 0 aliphatic heterocycles. The van der Waals surface area contributed by atoms with Crippen molar-refractivity contribution in [2.45, 2.75) is 28.2 Å². The normalized spacial score (nSPS) is 12.4. The molecule has 1 aromatic heterocycles. The lowest BCUT2D eigenvalue weighted by atomic mass is 10.2. The Hall–Kier alpha value is -2.72. The summed E-state index contributed by atoms with van der Waals surface area (Å²) in [6, 6.07) is 8.19. The number of hydrogen-bond acceptors (Lipinski definition) is 5. The van der Waals surface area contributed by atoms with E-state index in [-0.39, 0.29) is 31.3 Å². The Balaban J connectivity index is 2.27. The Bertz CT molecular complexity index is 1310. The van der Waals surface area contributed by atoms with Crippen molar-refractivity contribution in [2.75, 3.05) is 6.26 Å². The second-order valence-electron chi connectivity index (χ2n) is 6.30. The molecule has 0 atom stereocenters. The summed E-state index contributed by atoms with van der Waals surface area (Å²) in [5, 5.41) is 9.32. The molecule has 0 radical (unpaired) electrons. The van der Waals surface area contributed by atoms with Crippen LogP contribution in [0.3, 0.4) is 0 Å². The van der Waals surface area contributed by atoms with Gasteiger partial charge in [-0.05, 0) is 49.4 Å². The summed E-state index contributed by atoms with van der Waals surface area (Å²) >= 11 is 0. The number of carbonyl (C=O) groups is 1. The summed E-state index contributed by atoms with van der Waals surface area (Å²) < 4.78 is 64.5. The second-order valence-corrected chi connectivity index (χ2v) is 10.2. The number of carboxylic acid groups (broad SMARTS) is 1. The van der Waals surface area contributed by atoms with Crippen molar-refractivity contribution in [1.82, 2.24) is 4.57 Å². The Labute approximate surface area is 160 Å². The monoisotopic (exact) mass is 425 g/mol. The van der Waals surface area contributed by atoms with Gasteiger partial charge < -0.3 is 9.67 Å². The molecule has 0 aliphatic rings. The molecule has 0 amide bonds. The van der Waals surface area contributed by atoms with Gasteiger partial charge in [-0.3, -0.25) is 4.79 Å². The van der Waals surface area contributed by atoms with Gasteiger partial charge >= 0.3 is 5.97 Å². The Morgan fingerprint density at radius 2 is 1.61 bits per heavy atom. The Morgan fingerprint density at radius 1 is 1.04 bits per heavy atom. The molecule has 28 heavy (non-hydrogen) atoms. The highest BCUT2D eigenvalue weighted by Gasteiger charge is 2.28. The highest BCUT2D eigenvalue weighted by atomic mass is 32.2. The lowest BCUT2D eigenvalue weighted by Gasteiger charge is -2.07. The van der Waals surface area contributed by atoms with Gasteiger partial charge in [0.2, 0.25) is 9.84 Å². The molecule has 1 heterocycles. The van der Waals surface area contributed by atoms with Crippen LogP contribution in [0.1, 0.15) is 5.69 Å². The molecule has 0 saturated heterocycles. The van der Waals surface area contributed by atoms with Gasteiger partial charge in [-0.25, -0.2) is 21.2 Å². The van der Waals surface area contributed by atoms with E-state index in [1.165, 1.54) is 41.8 Å². The first-order valence-electron chi connectivity index (χ1n) is 7.98. The van der Waals surface area contributed by atoms with E-state index in [0.717, 1.165) is 18.4 Å². The van der Waals surface area contributed by atoms with E-state index in [2.05, 4.69) is 0 Å². The number of halogens is 1. The number of rotatable bonds is 5. The molecule has 3 rings (SSSR count). The SMILES string of the molecule is Cc1c(S(=O)(=O)c2ccc(S(C)(=O)=O)cc2)c2ccc(F)cc2n1CC(=O)O. The maximum absolute atomic E-state index is 13.7. The molecule has 0 bridgehead atoms. The number of carboxylic acids is 1. The third-order valence-electron chi connectivity index (χ3n) is 4.35. The number of nitrogens with zero attached hydrogens (tertiary/aromatic N) is 1. The maximum Gasteiger partial charge on any atom is 0.323 e. The standard InChI is InChI=1S/C18H16FNO6S2/c1-11-18(15-8-3-12(19)9-16(15)20(11)10-17(21)22)28(25,26)14-6-4-13(5-7-14)27(2,23)24/h3-9H,10H2,1-2H3,(H,21,22). The maximum atomic E-state index is 13.7. The lowest BCUT2D eigenvalue weighted by Crippen LogP contribution is -2.11. The molecule has 2 aromatic carbocycles. The van der Waals surface area contributed by atoms with Crippen LogP contribution in [-0.2, 0) is 31.0 Å². The number of benzene rings is 2. The molecular formula is C18H16FNO6S2. The van der Waals surface area contributed by atoms with Crippen molar-refractivity contribution < 1.29 is 31.1 Å². The van der Waals surface area contributed by atoms with Crippen molar-refractivity contribution in [3.05, 3.63) is 54.0 Å². The van der Waals surface area contributed by atoms with Crippen LogP contribution in [0, 0.1) is 12.7 Å². The van der Waals surface area contributed by atoms with E-state index < -0.39 is 38.0 Å². The molecule has 0 spiro atoms. The van der Waals surface area contributed by atoms with Crippen molar-refractivity contribution >= 4 is 36.5 Å². The van der Waals surface area contributed by atoms with Gasteiger partial charge in [0.15, 0.2) is 9.84 Å². The fourth-order valence-electron chi connectivity index (χ4n) is 3.08. The van der Waals surface area contributed by atoms with Crippen LogP contribution in [0.2, 0.25) is 0 Å². The summed E-state index contributed by atoms with van der Waals surface area (Å²) in [5.74, 6) is -1.83. The average Bonchev–Trinajstić information content (AvgIpc) is 2.86. The number of aliphatic carboxylic acids is 1. The zero-order valence-corrected chi connectivity index (χ0v) is 16.5. The van der Waals surface area contributed by atoms with Crippen LogP contribution < -0.4 is 0 Å². The average molecular weight is 425 g/mol. The van der Waals surface area contributed by atoms with Crippen molar-refractivity contribution in [3.8, 4) is 0 Å². The van der Waals surface area contributed by atoms with Crippen LogP contribution in [0.15, 0.2) is 57.2 Å². The summed E-state index contributed by atoms with van der Waals surface area (Å²) in [6.07, 6.45) is 1.01. The first kappa shape index (κ1) is 20.0. The van der Waals surface area contributed by atoms with Gasteiger partial charge in [0.1, 0.15) is 17.3 Å². The largest absolute Gasteiger partial charge is 0.480 e. The molecular weight excluding hydrogens is 409 g/mol.